The molecule has 0 radical (unpaired) electrons. The highest BCUT2D eigenvalue weighted by atomic mass is 19.1. The molecule has 84 valence electrons. The van der Waals surface area contributed by atoms with Gasteiger partial charge in [0.1, 0.15) is 5.82 Å². The molecule has 0 aliphatic carbocycles. The van der Waals surface area contributed by atoms with Crippen LogP contribution in [0.25, 0.3) is 0 Å². The van der Waals surface area contributed by atoms with E-state index < -0.39 is 0 Å². The number of halogens is 1. The molecule has 0 unspecified atom stereocenters. The van der Waals surface area contributed by atoms with Crippen molar-refractivity contribution < 1.29 is 9.13 Å². The Balaban J connectivity index is 2.31. The second-order valence-electron chi connectivity index (χ2n) is 3.52. The lowest BCUT2D eigenvalue weighted by atomic mass is 10.2. The number of nitrogens with one attached hydrogen (secondary N) is 1. The quantitative estimate of drug-likeness (QED) is 0.730. The molecular weight excluding hydrogens is 193 g/mol. The minimum absolute atomic E-state index is 0.203. The van der Waals surface area contributed by atoms with Crippen LogP contribution in [0.15, 0.2) is 18.2 Å². The van der Waals surface area contributed by atoms with Crippen LogP contribution in [-0.4, -0.2) is 19.8 Å². The first-order valence-electron chi connectivity index (χ1n) is 5.32. The summed E-state index contributed by atoms with van der Waals surface area (Å²) in [6.07, 6.45) is 1.01. The molecular formula is C12H18FNO. The Labute approximate surface area is 90.4 Å². The Hall–Kier alpha value is -1.09. The van der Waals surface area contributed by atoms with Crippen molar-refractivity contribution in [2.75, 3.05) is 25.1 Å². The first kappa shape index (κ1) is 12.0. The monoisotopic (exact) mass is 211 g/mol. The van der Waals surface area contributed by atoms with Gasteiger partial charge in [0.2, 0.25) is 0 Å². The van der Waals surface area contributed by atoms with Gasteiger partial charge < -0.3 is 10.1 Å². The van der Waals surface area contributed by atoms with Crippen molar-refractivity contribution in [1.82, 2.24) is 0 Å². The van der Waals surface area contributed by atoms with E-state index in [1.54, 1.807) is 6.07 Å². The Bertz CT molecular complexity index is 302. The molecule has 1 N–H and O–H groups in total. The highest BCUT2D eigenvalue weighted by Gasteiger charge is 2.00. The molecule has 0 aliphatic rings. The highest BCUT2D eigenvalue weighted by Crippen LogP contribution is 2.14. The lowest BCUT2D eigenvalue weighted by Gasteiger charge is -2.08. The summed E-state index contributed by atoms with van der Waals surface area (Å²) in [6.45, 7) is 5.95. The van der Waals surface area contributed by atoms with Gasteiger partial charge in [-0.15, -0.1) is 0 Å². The Morgan fingerprint density at radius 3 is 2.80 bits per heavy atom. The second-order valence-corrected chi connectivity index (χ2v) is 3.52. The SMILES string of the molecule is CCCOCCNc1ccc(C)cc1F. The van der Waals surface area contributed by atoms with Crippen LogP contribution in [0.1, 0.15) is 18.9 Å². The summed E-state index contributed by atoms with van der Waals surface area (Å²) in [4.78, 5) is 0. The molecule has 15 heavy (non-hydrogen) atoms. The predicted molar refractivity (Wildman–Crippen MR) is 60.7 cm³/mol. The van der Waals surface area contributed by atoms with E-state index in [4.69, 9.17) is 4.74 Å². The van der Waals surface area contributed by atoms with Crippen LogP contribution in [0, 0.1) is 12.7 Å². The fraction of sp³-hybridized carbons (Fsp3) is 0.500. The Morgan fingerprint density at radius 1 is 1.33 bits per heavy atom. The highest BCUT2D eigenvalue weighted by molar-refractivity contribution is 5.45. The molecule has 0 amide bonds. The molecule has 0 aromatic heterocycles. The number of rotatable bonds is 6. The molecule has 0 saturated heterocycles. The van der Waals surface area contributed by atoms with Gasteiger partial charge in [-0.3, -0.25) is 0 Å². The maximum atomic E-state index is 13.3. The predicted octanol–water partition coefficient (Wildman–Crippen LogP) is 2.97. The Kier molecular flexibility index (Phi) is 5.12. The van der Waals surface area contributed by atoms with Crippen LogP contribution in [0.3, 0.4) is 0 Å². The Morgan fingerprint density at radius 2 is 2.13 bits per heavy atom. The van der Waals surface area contributed by atoms with Gasteiger partial charge in [-0.1, -0.05) is 13.0 Å². The summed E-state index contributed by atoms with van der Waals surface area (Å²) in [5.74, 6) is -0.203. The maximum absolute atomic E-state index is 13.3. The average molecular weight is 211 g/mol. The fourth-order valence-corrected chi connectivity index (χ4v) is 1.27. The average Bonchev–Trinajstić information content (AvgIpc) is 2.20. The summed E-state index contributed by atoms with van der Waals surface area (Å²) in [5, 5.41) is 3.00. The number of hydrogen-bond acceptors (Lipinski definition) is 2. The molecule has 1 aromatic rings. The molecule has 0 spiro atoms. The van der Waals surface area contributed by atoms with Crippen LogP contribution >= 0.6 is 0 Å². The van der Waals surface area contributed by atoms with E-state index in [-0.39, 0.29) is 5.82 Å². The summed E-state index contributed by atoms with van der Waals surface area (Å²) < 4.78 is 18.6. The van der Waals surface area contributed by atoms with Crippen LogP contribution in [0.2, 0.25) is 0 Å². The normalized spacial score (nSPS) is 10.3. The standard InChI is InChI=1S/C12H18FNO/c1-3-7-15-8-6-14-12-5-4-10(2)9-11(12)13/h4-5,9,14H,3,6-8H2,1-2H3. The third-order valence-corrected chi connectivity index (χ3v) is 2.03. The molecule has 0 bridgehead atoms. The van der Waals surface area contributed by atoms with Gasteiger partial charge in [-0.05, 0) is 31.0 Å². The zero-order chi connectivity index (χ0) is 11.1. The van der Waals surface area contributed by atoms with Crippen molar-refractivity contribution in [2.24, 2.45) is 0 Å². The van der Waals surface area contributed by atoms with Gasteiger partial charge in [0.25, 0.3) is 0 Å². The minimum Gasteiger partial charge on any atom is -0.380 e. The number of benzene rings is 1. The molecule has 0 fully saturated rings. The van der Waals surface area contributed by atoms with E-state index in [9.17, 15) is 4.39 Å². The largest absolute Gasteiger partial charge is 0.380 e. The molecule has 1 aromatic carbocycles. The zero-order valence-electron chi connectivity index (χ0n) is 9.35. The number of hydrogen-bond donors (Lipinski definition) is 1. The van der Waals surface area contributed by atoms with Gasteiger partial charge in [-0.2, -0.15) is 0 Å². The number of aryl methyl sites for hydroxylation is 1. The van der Waals surface area contributed by atoms with Crippen LogP contribution in [-0.2, 0) is 4.74 Å². The van der Waals surface area contributed by atoms with Crippen LogP contribution in [0.5, 0.6) is 0 Å². The van der Waals surface area contributed by atoms with Crippen molar-refractivity contribution in [3.8, 4) is 0 Å². The van der Waals surface area contributed by atoms with E-state index in [1.165, 1.54) is 6.07 Å². The molecule has 0 atom stereocenters. The van der Waals surface area contributed by atoms with Gasteiger partial charge in [0.05, 0.1) is 12.3 Å². The lowest BCUT2D eigenvalue weighted by molar-refractivity contribution is 0.144. The molecule has 0 heterocycles. The topological polar surface area (TPSA) is 21.3 Å². The lowest BCUT2D eigenvalue weighted by Crippen LogP contribution is -2.10. The van der Waals surface area contributed by atoms with E-state index in [0.717, 1.165) is 18.6 Å². The van der Waals surface area contributed by atoms with Crippen molar-refractivity contribution in [3.63, 3.8) is 0 Å². The smallest absolute Gasteiger partial charge is 0.146 e. The van der Waals surface area contributed by atoms with E-state index in [1.807, 2.05) is 13.0 Å². The van der Waals surface area contributed by atoms with E-state index >= 15 is 0 Å². The third-order valence-electron chi connectivity index (χ3n) is 2.03. The first-order chi connectivity index (χ1) is 7.24. The van der Waals surface area contributed by atoms with E-state index in [0.29, 0.717) is 18.8 Å². The molecule has 3 heteroatoms. The summed E-state index contributed by atoms with van der Waals surface area (Å²) in [5.41, 5.74) is 1.47. The summed E-state index contributed by atoms with van der Waals surface area (Å²) in [7, 11) is 0. The summed E-state index contributed by atoms with van der Waals surface area (Å²) in [6, 6.07) is 5.16. The number of anilines is 1. The fourth-order valence-electron chi connectivity index (χ4n) is 1.27. The second kappa shape index (κ2) is 6.40. The van der Waals surface area contributed by atoms with Crippen molar-refractivity contribution >= 4 is 5.69 Å². The molecule has 1 rings (SSSR count). The maximum Gasteiger partial charge on any atom is 0.146 e. The third kappa shape index (κ3) is 4.30. The van der Waals surface area contributed by atoms with Gasteiger partial charge in [0, 0.05) is 13.2 Å². The van der Waals surface area contributed by atoms with Gasteiger partial charge in [0.15, 0.2) is 0 Å². The first-order valence-corrected chi connectivity index (χ1v) is 5.32. The zero-order valence-corrected chi connectivity index (χ0v) is 9.35. The molecule has 0 saturated carbocycles. The van der Waals surface area contributed by atoms with Crippen molar-refractivity contribution in [2.45, 2.75) is 20.3 Å². The summed E-state index contributed by atoms with van der Waals surface area (Å²) >= 11 is 0. The number of ether oxygens (including phenoxy) is 1. The minimum atomic E-state index is -0.203. The van der Waals surface area contributed by atoms with Crippen LogP contribution in [0.4, 0.5) is 10.1 Å². The molecule has 2 nitrogen and oxygen atoms in total. The van der Waals surface area contributed by atoms with Crippen molar-refractivity contribution in [1.29, 1.82) is 0 Å². The van der Waals surface area contributed by atoms with Gasteiger partial charge in [-0.25, -0.2) is 4.39 Å². The van der Waals surface area contributed by atoms with E-state index in [2.05, 4.69) is 12.2 Å². The molecule has 0 aliphatic heterocycles. The van der Waals surface area contributed by atoms with Gasteiger partial charge >= 0.3 is 0 Å². The van der Waals surface area contributed by atoms with Crippen molar-refractivity contribution in [3.05, 3.63) is 29.6 Å². The van der Waals surface area contributed by atoms with Crippen LogP contribution < -0.4 is 5.32 Å².